The quantitative estimate of drug-likeness (QED) is 0.571. The molecule has 0 aliphatic heterocycles. The van der Waals surface area contributed by atoms with Crippen LogP contribution in [-0.4, -0.2) is 23.1 Å². The molecule has 1 rings (SSSR count). The topological polar surface area (TPSA) is 60.4 Å². The van der Waals surface area contributed by atoms with Crippen molar-refractivity contribution in [1.82, 2.24) is 0 Å². The normalized spacial score (nSPS) is 24.1. The van der Waals surface area contributed by atoms with Crippen molar-refractivity contribution < 1.29 is 19.1 Å². The van der Waals surface area contributed by atoms with Crippen molar-refractivity contribution in [3.63, 3.8) is 0 Å². The van der Waals surface area contributed by atoms with Gasteiger partial charge in [-0.2, -0.15) is 0 Å². The highest BCUT2D eigenvalue weighted by atomic mass is 16.6. The van der Waals surface area contributed by atoms with Gasteiger partial charge in [-0.1, -0.05) is 0 Å². The third-order valence-corrected chi connectivity index (χ3v) is 3.23. The summed E-state index contributed by atoms with van der Waals surface area (Å²) in [6.45, 7) is 6.82. The van der Waals surface area contributed by atoms with Gasteiger partial charge in [-0.15, -0.1) is 0 Å². The second kappa shape index (κ2) is 5.21. The summed E-state index contributed by atoms with van der Waals surface area (Å²) in [7, 11) is 0. The lowest BCUT2D eigenvalue weighted by atomic mass is 9.80. The molecule has 18 heavy (non-hydrogen) atoms. The van der Waals surface area contributed by atoms with E-state index in [9.17, 15) is 14.4 Å². The van der Waals surface area contributed by atoms with E-state index in [-0.39, 0.29) is 24.4 Å². The first-order valence-electron chi connectivity index (χ1n) is 6.43. The Balaban J connectivity index is 2.88. The van der Waals surface area contributed by atoms with Gasteiger partial charge < -0.3 is 9.53 Å². The predicted molar refractivity (Wildman–Crippen MR) is 67.1 cm³/mol. The third kappa shape index (κ3) is 3.40. The van der Waals surface area contributed by atoms with E-state index in [1.807, 2.05) is 0 Å². The summed E-state index contributed by atoms with van der Waals surface area (Å²) in [6, 6.07) is 0. The summed E-state index contributed by atoms with van der Waals surface area (Å²) in [6.07, 6.45) is 2.17. The molecule has 0 aromatic heterocycles. The minimum Gasteiger partial charge on any atom is -0.459 e. The van der Waals surface area contributed by atoms with Crippen LogP contribution >= 0.6 is 0 Å². The molecule has 0 saturated heterocycles. The molecule has 4 heteroatoms. The van der Waals surface area contributed by atoms with Crippen molar-refractivity contribution in [1.29, 1.82) is 0 Å². The molecule has 0 aromatic carbocycles. The van der Waals surface area contributed by atoms with Crippen molar-refractivity contribution in [2.24, 2.45) is 5.41 Å². The fourth-order valence-electron chi connectivity index (χ4n) is 2.28. The van der Waals surface area contributed by atoms with Crippen LogP contribution in [0.4, 0.5) is 0 Å². The Morgan fingerprint density at radius 3 is 2.33 bits per heavy atom. The molecule has 1 atom stereocenters. The molecule has 0 aromatic rings. The molecule has 102 valence electrons. The Hall–Kier alpha value is -1.19. The van der Waals surface area contributed by atoms with Gasteiger partial charge >= 0.3 is 5.97 Å². The zero-order chi connectivity index (χ0) is 14.0. The monoisotopic (exact) mass is 254 g/mol. The maximum atomic E-state index is 12.3. The van der Waals surface area contributed by atoms with Gasteiger partial charge in [0, 0.05) is 12.8 Å². The predicted octanol–water partition coefficient (Wildman–Crippen LogP) is 2.44. The molecular weight excluding hydrogens is 232 g/mol. The Morgan fingerprint density at radius 1 is 1.33 bits per heavy atom. The number of hydrogen-bond donors (Lipinski definition) is 0. The minimum absolute atomic E-state index is 0.00219. The van der Waals surface area contributed by atoms with Crippen molar-refractivity contribution in [2.45, 2.75) is 65.4 Å². The maximum Gasteiger partial charge on any atom is 0.320 e. The molecule has 4 nitrogen and oxygen atoms in total. The average molecular weight is 254 g/mol. The lowest BCUT2D eigenvalue weighted by Crippen LogP contribution is -2.41. The van der Waals surface area contributed by atoms with Crippen LogP contribution in [-0.2, 0) is 19.1 Å². The standard InChI is InChI=1S/C14H22O4/c1-10(15)7-9-14(8-5-6-11(14)16)12(17)18-13(2,3)4/h5-9H2,1-4H3/t14-/m1/s1. The van der Waals surface area contributed by atoms with Gasteiger partial charge in [0.15, 0.2) is 0 Å². The fraction of sp³-hybridized carbons (Fsp3) is 0.786. The molecule has 0 amide bonds. The van der Waals surface area contributed by atoms with Crippen LogP contribution in [0.2, 0.25) is 0 Å². The van der Waals surface area contributed by atoms with Crippen molar-refractivity contribution in [3.8, 4) is 0 Å². The zero-order valence-corrected chi connectivity index (χ0v) is 11.7. The summed E-state index contributed by atoms with van der Waals surface area (Å²) < 4.78 is 5.36. The van der Waals surface area contributed by atoms with E-state index in [2.05, 4.69) is 0 Å². The van der Waals surface area contributed by atoms with E-state index in [4.69, 9.17) is 4.74 Å². The van der Waals surface area contributed by atoms with E-state index in [0.717, 1.165) is 0 Å². The number of ketones is 2. The van der Waals surface area contributed by atoms with Gasteiger partial charge in [0.25, 0.3) is 0 Å². The highest BCUT2D eigenvalue weighted by molar-refractivity contribution is 6.05. The summed E-state index contributed by atoms with van der Waals surface area (Å²) in [5, 5.41) is 0. The lowest BCUT2D eigenvalue weighted by molar-refractivity contribution is -0.169. The number of Topliss-reactive ketones (excluding diaryl/α,β-unsaturated/α-hetero) is 2. The summed E-state index contributed by atoms with van der Waals surface area (Å²) in [4.78, 5) is 35.4. The van der Waals surface area contributed by atoms with Crippen molar-refractivity contribution in [2.75, 3.05) is 0 Å². The van der Waals surface area contributed by atoms with Crippen LogP contribution in [0, 0.1) is 5.41 Å². The van der Waals surface area contributed by atoms with Crippen molar-refractivity contribution in [3.05, 3.63) is 0 Å². The van der Waals surface area contributed by atoms with E-state index < -0.39 is 17.0 Å². The molecule has 0 bridgehead atoms. The number of carbonyl (C=O) groups is 3. The molecular formula is C14H22O4. The minimum atomic E-state index is -1.07. The van der Waals surface area contributed by atoms with Gasteiger partial charge in [0.2, 0.25) is 0 Å². The van der Waals surface area contributed by atoms with Gasteiger partial charge in [0.1, 0.15) is 22.6 Å². The second-order valence-corrected chi connectivity index (χ2v) is 6.06. The van der Waals surface area contributed by atoms with Gasteiger partial charge in [-0.05, 0) is 47.0 Å². The van der Waals surface area contributed by atoms with Crippen LogP contribution in [0.5, 0.6) is 0 Å². The fourth-order valence-corrected chi connectivity index (χ4v) is 2.28. The van der Waals surface area contributed by atoms with Crippen LogP contribution < -0.4 is 0 Å². The van der Waals surface area contributed by atoms with Crippen molar-refractivity contribution >= 4 is 17.5 Å². The molecule has 0 unspecified atom stereocenters. The molecule has 1 aliphatic carbocycles. The van der Waals surface area contributed by atoms with E-state index in [1.165, 1.54) is 6.92 Å². The van der Waals surface area contributed by atoms with Gasteiger partial charge in [-0.3, -0.25) is 9.59 Å². The Kier molecular flexibility index (Phi) is 4.30. The Labute approximate surface area is 108 Å². The number of carbonyl (C=O) groups excluding carboxylic acids is 3. The zero-order valence-electron chi connectivity index (χ0n) is 11.7. The molecule has 1 aliphatic rings. The summed E-state index contributed by atoms with van der Waals surface area (Å²) in [5.74, 6) is -0.533. The average Bonchev–Trinajstić information content (AvgIpc) is 2.55. The largest absolute Gasteiger partial charge is 0.459 e. The number of rotatable bonds is 4. The summed E-state index contributed by atoms with van der Waals surface area (Å²) in [5.41, 5.74) is -1.68. The van der Waals surface area contributed by atoms with Crippen LogP contribution in [0.1, 0.15) is 59.8 Å². The Bertz CT molecular complexity index is 364. The summed E-state index contributed by atoms with van der Waals surface area (Å²) >= 11 is 0. The molecule has 0 N–H and O–H groups in total. The first-order chi connectivity index (χ1) is 8.17. The smallest absolute Gasteiger partial charge is 0.320 e. The van der Waals surface area contributed by atoms with Gasteiger partial charge in [0.05, 0.1) is 0 Å². The lowest BCUT2D eigenvalue weighted by Gasteiger charge is -2.29. The molecule has 1 fully saturated rings. The molecule has 1 saturated carbocycles. The number of hydrogen-bond acceptors (Lipinski definition) is 4. The molecule has 0 heterocycles. The highest BCUT2D eigenvalue weighted by Gasteiger charge is 2.50. The molecule has 0 radical (unpaired) electrons. The number of esters is 1. The molecule has 0 spiro atoms. The van der Waals surface area contributed by atoms with Crippen LogP contribution in [0.15, 0.2) is 0 Å². The first-order valence-corrected chi connectivity index (χ1v) is 6.43. The first kappa shape index (κ1) is 14.9. The third-order valence-electron chi connectivity index (χ3n) is 3.23. The van der Waals surface area contributed by atoms with Gasteiger partial charge in [-0.25, -0.2) is 0 Å². The maximum absolute atomic E-state index is 12.3. The van der Waals surface area contributed by atoms with E-state index >= 15 is 0 Å². The Morgan fingerprint density at radius 2 is 1.94 bits per heavy atom. The van der Waals surface area contributed by atoms with E-state index in [0.29, 0.717) is 19.3 Å². The van der Waals surface area contributed by atoms with Crippen LogP contribution in [0.3, 0.4) is 0 Å². The number of ether oxygens (including phenoxy) is 1. The highest BCUT2D eigenvalue weighted by Crippen LogP contribution is 2.41. The second-order valence-electron chi connectivity index (χ2n) is 6.06. The van der Waals surface area contributed by atoms with E-state index in [1.54, 1.807) is 20.8 Å². The van der Waals surface area contributed by atoms with Crippen LogP contribution in [0.25, 0.3) is 0 Å². The SMILES string of the molecule is CC(=O)CC[C@]1(C(=O)OC(C)(C)C)CCCC1=O.